The fourth-order valence-electron chi connectivity index (χ4n) is 3.11. The molecule has 0 aliphatic carbocycles. The van der Waals surface area contributed by atoms with Crippen molar-refractivity contribution in [2.24, 2.45) is 0 Å². The number of amides is 1. The number of benzene rings is 3. The summed E-state index contributed by atoms with van der Waals surface area (Å²) in [6, 6.07) is 21.5. The molecular weight excluding hydrogens is 322 g/mol. The van der Waals surface area contributed by atoms with Crippen molar-refractivity contribution in [3.63, 3.8) is 0 Å². The quantitative estimate of drug-likeness (QED) is 0.668. The lowest BCUT2D eigenvalue weighted by atomic mass is 9.99. The Kier molecular flexibility index (Phi) is 5.37. The van der Waals surface area contributed by atoms with Gasteiger partial charge >= 0.3 is 0 Å². The Hall–Kier alpha value is -3.07. The predicted octanol–water partition coefficient (Wildman–Crippen LogP) is 5.44. The van der Waals surface area contributed by atoms with Crippen molar-refractivity contribution in [1.29, 1.82) is 0 Å². The van der Waals surface area contributed by atoms with Crippen LogP contribution in [0.15, 0.2) is 66.7 Å². The minimum absolute atomic E-state index is 0.0852. The maximum absolute atomic E-state index is 12.6. The smallest absolute Gasteiger partial charge is 0.256 e. The number of nitrogens with one attached hydrogen (secondary N) is 1. The molecule has 0 saturated heterocycles. The lowest BCUT2D eigenvalue weighted by molar-refractivity contribution is 0.102. The van der Waals surface area contributed by atoms with Gasteiger partial charge in [0.1, 0.15) is 12.4 Å². The lowest BCUT2D eigenvalue weighted by Gasteiger charge is -2.12. The van der Waals surface area contributed by atoms with Gasteiger partial charge in [-0.1, -0.05) is 48.0 Å². The molecule has 0 aromatic heterocycles. The molecule has 3 rings (SSSR count). The SMILES string of the molecule is Cc1cc(C)c(C(=O)Nc2ccc(OCc3ccccc3)cc2)c(C)c1. The van der Waals surface area contributed by atoms with Crippen molar-refractivity contribution >= 4 is 11.6 Å². The zero-order valence-corrected chi connectivity index (χ0v) is 15.4. The Labute approximate surface area is 154 Å². The summed E-state index contributed by atoms with van der Waals surface area (Å²) in [5.41, 5.74) is 5.75. The summed E-state index contributed by atoms with van der Waals surface area (Å²) in [6.07, 6.45) is 0. The molecule has 1 amide bonds. The van der Waals surface area contributed by atoms with Crippen molar-refractivity contribution in [2.45, 2.75) is 27.4 Å². The number of anilines is 1. The van der Waals surface area contributed by atoms with Gasteiger partial charge in [-0.15, -0.1) is 0 Å². The molecule has 0 atom stereocenters. The lowest BCUT2D eigenvalue weighted by Crippen LogP contribution is -2.15. The number of carbonyl (C=O) groups is 1. The number of carbonyl (C=O) groups excluding carboxylic acids is 1. The van der Waals surface area contributed by atoms with Crippen molar-refractivity contribution < 1.29 is 9.53 Å². The molecule has 132 valence electrons. The van der Waals surface area contributed by atoms with E-state index in [4.69, 9.17) is 4.74 Å². The third-order valence-corrected chi connectivity index (χ3v) is 4.26. The largest absolute Gasteiger partial charge is 0.489 e. The normalized spacial score (nSPS) is 10.4. The molecule has 3 nitrogen and oxygen atoms in total. The highest BCUT2D eigenvalue weighted by Crippen LogP contribution is 2.21. The van der Waals surface area contributed by atoms with Gasteiger partial charge in [-0.05, 0) is 61.7 Å². The number of ether oxygens (including phenoxy) is 1. The molecule has 0 aliphatic rings. The van der Waals surface area contributed by atoms with E-state index >= 15 is 0 Å². The van der Waals surface area contributed by atoms with Gasteiger partial charge in [0.25, 0.3) is 5.91 Å². The van der Waals surface area contributed by atoms with Crippen LogP contribution in [0.25, 0.3) is 0 Å². The van der Waals surface area contributed by atoms with Crippen molar-refractivity contribution in [1.82, 2.24) is 0 Å². The second-order valence-corrected chi connectivity index (χ2v) is 6.53. The van der Waals surface area contributed by atoms with Gasteiger partial charge in [-0.3, -0.25) is 4.79 Å². The van der Waals surface area contributed by atoms with Crippen LogP contribution in [0.3, 0.4) is 0 Å². The average molecular weight is 345 g/mol. The first-order chi connectivity index (χ1) is 12.5. The topological polar surface area (TPSA) is 38.3 Å². The Morgan fingerprint density at radius 2 is 1.50 bits per heavy atom. The highest BCUT2D eigenvalue weighted by Gasteiger charge is 2.13. The minimum Gasteiger partial charge on any atom is -0.489 e. The van der Waals surface area contributed by atoms with Crippen molar-refractivity contribution in [3.8, 4) is 5.75 Å². The van der Waals surface area contributed by atoms with E-state index < -0.39 is 0 Å². The van der Waals surface area contributed by atoms with Crippen LogP contribution >= 0.6 is 0 Å². The molecule has 0 bridgehead atoms. The zero-order valence-electron chi connectivity index (χ0n) is 15.4. The molecule has 0 radical (unpaired) electrons. The maximum atomic E-state index is 12.6. The van der Waals surface area contributed by atoms with Gasteiger partial charge in [-0.2, -0.15) is 0 Å². The summed E-state index contributed by atoms with van der Waals surface area (Å²) in [7, 11) is 0. The maximum Gasteiger partial charge on any atom is 0.256 e. The number of aryl methyl sites for hydroxylation is 3. The van der Waals surface area contributed by atoms with E-state index in [0.29, 0.717) is 6.61 Å². The highest BCUT2D eigenvalue weighted by molar-refractivity contribution is 6.06. The minimum atomic E-state index is -0.0852. The summed E-state index contributed by atoms with van der Waals surface area (Å²) in [6.45, 7) is 6.50. The fraction of sp³-hybridized carbons (Fsp3) is 0.174. The summed E-state index contributed by atoms with van der Waals surface area (Å²) < 4.78 is 5.78. The number of rotatable bonds is 5. The van der Waals surface area contributed by atoms with Crippen LogP contribution in [0.4, 0.5) is 5.69 Å². The molecule has 1 N–H and O–H groups in total. The van der Waals surface area contributed by atoms with E-state index in [-0.39, 0.29) is 5.91 Å². The van der Waals surface area contributed by atoms with E-state index in [1.54, 1.807) is 0 Å². The van der Waals surface area contributed by atoms with Crippen molar-refractivity contribution in [3.05, 3.63) is 94.5 Å². The second-order valence-electron chi connectivity index (χ2n) is 6.53. The van der Waals surface area contributed by atoms with Crippen LogP contribution in [0.2, 0.25) is 0 Å². The molecule has 3 heteroatoms. The summed E-state index contributed by atoms with van der Waals surface area (Å²) in [4.78, 5) is 12.6. The molecule has 3 aromatic carbocycles. The highest BCUT2D eigenvalue weighted by atomic mass is 16.5. The van der Waals surface area contributed by atoms with Gasteiger partial charge < -0.3 is 10.1 Å². The molecule has 0 heterocycles. The molecule has 0 spiro atoms. The number of hydrogen-bond donors (Lipinski definition) is 1. The van der Waals surface area contributed by atoms with Gasteiger partial charge in [0.05, 0.1) is 0 Å². The fourth-order valence-corrected chi connectivity index (χ4v) is 3.11. The molecule has 3 aromatic rings. The van der Waals surface area contributed by atoms with Crippen LogP contribution in [0.1, 0.15) is 32.6 Å². The predicted molar refractivity (Wildman–Crippen MR) is 106 cm³/mol. The molecule has 0 saturated carbocycles. The Morgan fingerprint density at radius 1 is 0.885 bits per heavy atom. The van der Waals surface area contributed by atoms with E-state index in [0.717, 1.165) is 39.3 Å². The molecule has 0 aliphatic heterocycles. The van der Waals surface area contributed by atoms with Gasteiger partial charge in [0.2, 0.25) is 0 Å². The van der Waals surface area contributed by atoms with E-state index in [2.05, 4.69) is 5.32 Å². The standard InChI is InChI=1S/C23H23NO2/c1-16-13-17(2)22(18(3)14-16)23(25)24-20-9-11-21(12-10-20)26-15-19-7-5-4-6-8-19/h4-14H,15H2,1-3H3,(H,24,25). The third kappa shape index (κ3) is 4.31. The van der Waals surface area contributed by atoms with Gasteiger partial charge in [-0.25, -0.2) is 0 Å². The summed E-state index contributed by atoms with van der Waals surface area (Å²) in [5.74, 6) is 0.688. The van der Waals surface area contributed by atoms with E-state index in [1.165, 1.54) is 0 Å². The first kappa shape index (κ1) is 17.7. The molecule has 0 fully saturated rings. The van der Waals surface area contributed by atoms with Crippen LogP contribution in [0.5, 0.6) is 5.75 Å². The number of hydrogen-bond acceptors (Lipinski definition) is 2. The average Bonchev–Trinajstić information content (AvgIpc) is 2.61. The first-order valence-electron chi connectivity index (χ1n) is 8.69. The molecule has 0 unspecified atom stereocenters. The van der Waals surface area contributed by atoms with Crippen LogP contribution in [0, 0.1) is 20.8 Å². The van der Waals surface area contributed by atoms with E-state index in [9.17, 15) is 4.79 Å². The Balaban J connectivity index is 1.65. The van der Waals surface area contributed by atoms with E-state index in [1.807, 2.05) is 87.5 Å². The van der Waals surface area contributed by atoms with Crippen LogP contribution in [-0.2, 0) is 6.61 Å². The Morgan fingerprint density at radius 3 is 2.12 bits per heavy atom. The van der Waals surface area contributed by atoms with Crippen molar-refractivity contribution in [2.75, 3.05) is 5.32 Å². The third-order valence-electron chi connectivity index (χ3n) is 4.26. The molecule has 26 heavy (non-hydrogen) atoms. The summed E-state index contributed by atoms with van der Waals surface area (Å²) >= 11 is 0. The Bertz CT molecular complexity index is 876. The van der Waals surface area contributed by atoms with Crippen LogP contribution in [-0.4, -0.2) is 5.91 Å². The zero-order chi connectivity index (χ0) is 18.5. The monoisotopic (exact) mass is 345 g/mol. The molecular formula is C23H23NO2. The van der Waals surface area contributed by atoms with Crippen LogP contribution < -0.4 is 10.1 Å². The second kappa shape index (κ2) is 7.87. The first-order valence-corrected chi connectivity index (χ1v) is 8.69. The van der Waals surface area contributed by atoms with Gasteiger partial charge in [0, 0.05) is 11.3 Å². The summed E-state index contributed by atoms with van der Waals surface area (Å²) in [5, 5.41) is 2.97. The van der Waals surface area contributed by atoms with Gasteiger partial charge in [0.15, 0.2) is 0 Å².